The molecule has 7 heteroatoms. The van der Waals surface area contributed by atoms with Crippen LogP contribution >= 0.6 is 12.6 Å². The molecular weight excluding hydrogens is 645 g/mol. The molecule has 0 aromatic heterocycles. The fourth-order valence-electron chi connectivity index (χ4n) is 7.29. The molecule has 0 aromatic rings. The van der Waals surface area contributed by atoms with E-state index in [9.17, 15) is 10.5 Å². The molecule has 0 spiro atoms. The van der Waals surface area contributed by atoms with Crippen molar-refractivity contribution in [3.63, 3.8) is 0 Å². The molecule has 0 fully saturated rings. The van der Waals surface area contributed by atoms with Gasteiger partial charge in [0.15, 0.2) is 0 Å². The first-order valence-corrected chi connectivity index (χ1v) is 22.7. The van der Waals surface area contributed by atoms with Crippen molar-refractivity contribution in [1.82, 2.24) is 0 Å². The summed E-state index contributed by atoms with van der Waals surface area (Å²) in [5, 5.41) is 19.7. The van der Waals surface area contributed by atoms with Gasteiger partial charge in [0.25, 0.3) is 0 Å². The number of thiol groups is 1. The first kappa shape index (κ1) is 50.1. The zero-order valence-electron chi connectivity index (χ0n) is 33.6. The van der Waals surface area contributed by atoms with Crippen LogP contribution in [0.2, 0.25) is 0 Å². The van der Waals surface area contributed by atoms with Gasteiger partial charge in [0.05, 0.1) is 32.0 Å². The Morgan fingerprint density at radius 2 is 0.780 bits per heavy atom. The fourth-order valence-corrected chi connectivity index (χ4v) is 7.42. The Bertz CT molecular complexity index is 612. The summed E-state index contributed by atoms with van der Waals surface area (Å²) in [5.41, 5.74) is 0. The van der Waals surface area contributed by atoms with E-state index in [1.165, 1.54) is 154 Å². The van der Waals surface area contributed by atoms with Gasteiger partial charge in [-0.1, -0.05) is 187 Å². The van der Waals surface area contributed by atoms with E-state index < -0.39 is 0 Å². The summed E-state index contributed by atoms with van der Waals surface area (Å²) in [6.45, 7) is 7.18. The highest BCUT2D eigenvalue weighted by Crippen LogP contribution is 2.27. The number of hydrogen-bond acceptors (Lipinski definition) is 7. The Labute approximate surface area is 317 Å². The quantitative estimate of drug-likeness (QED) is 0.0251. The van der Waals surface area contributed by atoms with E-state index >= 15 is 0 Å². The van der Waals surface area contributed by atoms with Crippen molar-refractivity contribution in [3.8, 4) is 0 Å². The average molecular weight is 733 g/mol. The first-order valence-electron chi connectivity index (χ1n) is 22.1. The van der Waals surface area contributed by atoms with E-state index in [2.05, 4.69) is 26.5 Å². The van der Waals surface area contributed by atoms with Crippen LogP contribution in [0.5, 0.6) is 0 Å². The normalized spacial score (nSPS) is 13.6. The van der Waals surface area contributed by atoms with Crippen LogP contribution in [0.3, 0.4) is 0 Å². The van der Waals surface area contributed by atoms with Crippen LogP contribution in [-0.2, 0) is 19.2 Å². The lowest BCUT2D eigenvalue weighted by molar-refractivity contribution is -0.297. The average Bonchev–Trinajstić information content (AvgIpc) is 3.13. The van der Waals surface area contributed by atoms with Gasteiger partial charge >= 0.3 is 0 Å². The van der Waals surface area contributed by atoms with Crippen LogP contribution in [0.25, 0.3) is 0 Å². The minimum absolute atomic E-state index is 0.138. The zero-order valence-corrected chi connectivity index (χ0v) is 34.5. The van der Waals surface area contributed by atoms with Crippen LogP contribution in [0.15, 0.2) is 0 Å². The summed E-state index contributed by atoms with van der Waals surface area (Å²) in [7, 11) is 0. The fraction of sp³-hybridized carbons (Fsp3) is 1.00. The standard InChI is InChI=1S/C43H88O6S/c1-3-5-7-9-11-13-15-17-19-21-23-25-27-32-42(48-44)35-34-41(31-29-30-36-46-37-38-47-39-40-50)43(49-45)33-28-26-24-22-20-18-16-14-12-10-8-6-4-2/h41-45,50H,3-40H2,1-2H3. The highest BCUT2D eigenvalue weighted by atomic mass is 32.1. The third kappa shape index (κ3) is 36.5. The van der Waals surface area contributed by atoms with Gasteiger partial charge in [-0.15, -0.1) is 0 Å². The van der Waals surface area contributed by atoms with Gasteiger partial charge in [0, 0.05) is 12.4 Å². The number of unbranched alkanes of at least 4 members (excludes halogenated alkanes) is 25. The molecule has 0 aromatic carbocycles. The molecule has 0 bridgehead atoms. The van der Waals surface area contributed by atoms with Crippen LogP contribution in [0, 0.1) is 5.92 Å². The second kappa shape index (κ2) is 43.5. The molecule has 0 saturated carbocycles. The Morgan fingerprint density at radius 1 is 0.380 bits per heavy atom. The molecule has 3 unspecified atom stereocenters. The molecule has 0 radical (unpaired) electrons. The van der Waals surface area contributed by atoms with Crippen molar-refractivity contribution in [2.75, 3.05) is 32.2 Å². The van der Waals surface area contributed by atoms with Gasteiger partial charge in [-0.3, -0.25) is 10.5 Å². The predicted octanol–water partition coefficient (Wildman–Crippen LogP) is 14.2. The third-order valence-corrected chi connectivity index (χ3v) is 10.8. The maximum absolute atomic E-state index is 9.96. The molecule has 0 aliphatic carbocycles. The molecule has 6 nitrogen and oxygen atoms in total. The van der Waals surface area contributed by atoms with E-state index in [-0.39, 0.29) is 18.1 Å². The van der Waals surface area contributed by atoms with Crippen molar-refractivity contribution >= 4 is 12.6 Å². The second-order valence-corrected chi connectivity index (χ2v) is 15.7. The van der Waals surface area contributed by atoms with Crippen LogP contribution in [0.1, 0.15) is 226 Å². The van der Waals surface area contributed by atoms with E-state index in [4.69, 9.17) is 19.2 Å². The molecule has 0 saturated heterocycles. The van der Waals surface area contributed by atoms with Gasteiger partial charge in [-0.2, -0.15) is 12.6 Å². The summed E-state index contributed by atoms with van der Waals surface area (Å²) < 4.78 is 11.2. The molecule has 0 aliphatic heterocycles. The molecule has 0 aliphatic rings. The van der Waals surface area contributed by atoms with Crippen molar-refractivity contribution in [1.29, 1.82) is 0 Å². The number of ether oxygens (including phenoxy) is 2. The molecular formula is C43H88O6S. The summed E-state index contributed by atoms with van der Waals surface area (Å²) in [6, 6.07) is 0. The Morgan fingerprint density at radius 3 is 1.20 bits per heavy atom. The molecule has 50 heavy (non-hydrogen) atoms. The summed E-state index contributed by atoms with van der Waals surface area (Å²) >= 11 is 4.17. The lowest BCUT2D eigenvalue weighted by atomic mass is 9.87. The summed E-state index contributed by atoms with van der Waals surface area (Å²) in [6.07, 6.45) is 40.9. The molecule has 3 atom stereocenters. The van der Waals surface area contributed by atoms with Crippen LogP contribution in [-0.4, -0.2) is 54.9 Å². The maximum atomic E-state index is 9.96. The van der Waals surface area contributed by atoms with Crippen LogP contribution < -0.4 is 0 Å². The lowest BCUT2D eigenvalue weighted by Gasteiger charge is -2.26. The first-order chi connectivity index (χ1) is 24.7. The smallest absolute Gasteiger partial charge is 0.0955 e. The highest BCUT2D eigenvalue weighted by molar-refractivity contribution is 7.80. The van der Waals surface area contributed by atoms with E-state index in [0.29, 0.717) is 19.8 Å². The van der Waals surface area contributed by atoms with Crippen molar-refractivity contribution in [3.05, 3.63) is 0 Å². The van der Waals surface area contributed by atoms with E-state index in [1.54, 1.807) is 0 Å². The van der Waals surface area contributed by atoms with Gasteiger partial charge in [-0.25, -0.2) is 9.78 Å². The van der Waals surface area contributed by atoms with Gasteiger partial charge < -0.3 is 9.47 Å². The van der Waals surface area contributed by atoms with Gasteiger partial charge in [-0.05, 0) is 44.4 Å². The molecule has 0 rings (SSSR count). The Balaban J connectivity index is 4.37. The van der Waals surface area contributed by atoms with Crippen molar-refractivity contribution < 1.29 is 29.8 Å². The minimum Gasteiger partial charge on any atom is -0.379 e. The topological polar surface area (TPSA) is 77.4 Å². The van der Waals surface area contributed by atoms with Crippen molar-refractivity contribution in [2.45, 2.75) is 238 Å². The summed E-state index contributed by atoms with van der Waals surface area (Å²) in [5.74, 6) is 0.983. The summed E-state index contributed by atoms with van der Waals surface area (Å²) in [4.78, 5) is 10.1. The molecule has 0 heterocycles. The van der Waals surface area contributed by atoms with Crippen LogP contribution in [0.4, 0.5) is 0 Å². The van der Waals surface area contributed by atoms with Gasteiger partial charge in [0.2, 0.25) is 0 Å². The molecule has 2 N–H and O–H groups in total. The molecule has 302 valence electrons. The number of rotatable bonds is 44. The Hall–Kier alpha value is 0.110. The highest BCUT2D eigenvalue weighted by Gasteiger charge is 2.24. The van der Waals surface area contributed by atoms with E-state index in [1.807, 2.05) is 0 Å². The van der Waals surface area contributed by atoms with E-state index in [0.717, 1.165) is 70.1 Å². The second-order valence-electron chi connectivity index (χ2n) is 15.2. The Kier molecular flexibility index (Phi) is 43.6. The minimum atomic E-state index is -0.158. The number of hydrogen-bond donors (Lipinski definition) is 3. The van der Waals surface area contributed by atoms with Crippen molar-refractivity contribution in [2.24, 2.45) is 5.92 Å². The largest absolute Gasteiger partial charge is 0.379 e. The lowest BCUT2D eigenvalue weighted by Crippen LogP contribution is -2.25. The maximum Gasteiger partial charge on any atom is 0.0955 e. The van der Waals surface area contributed by atoms with Gasteiger partial charge in [0.1, 0.15) is 0 Å². The monoisotopic (exact) mass is 733 g/mol. The molecule has 0 amide bonds. The zero-order chi connectivity index (χ0) is 36.4. The SMILES string of the molecule is CCCCCCCCCCCCCCCC(CCC(CCCCOCCOCCS)C(CCCCCCCCCCCCCCC)OO)OO. The predicted molar refractivity (Wildman–Crippen MR) is 218 cm³/mol. The third-order valence-electron chi connectivity index (χ3n) is 10.6.